The average Bonchev–Trinajstić information content (AvgIpc) is 2.68. The number of para-hydroxylation sites is 2. The van der Waals surface area contributed by atoms with E-state index >= 15 is 0 Å². The average molecular weight is 362 g/mol. The molecule has 0 spiro atoms. The number of benzene rings is 2. The van der Waals surface area contributed by atoms with E-state index in [2.05, 4.69) is 5.32 Å². The molecular weight excluding hydrogens is 348 g/mol. The van der Waals surface area contributed by atoms with E-state index in [9.17, 15) is 14.4 Å². The third kappa shape index (κ3) is 3.85. The Bertz CT molecular complexity index is 1130. The van der Waals surface area contributed by atoms with Crippen molar-refractivity contribution in [3.05, 3.63) is 76.1 Å². The number of nitrogens with zero attached hydrogens (tertiary/aromatic N) is 1. The van der Waals surface area contributed by atoms with Gasteiger partial charge in [0.25, 0.3) is 5.91 Å². The summed E-state index contributed by atoms with van der Waals surface area (Å²) in [5.41, 5.74) is 0.455. The minimum atomic E-state index is -1.17. The van der Waals surface area contributed by atoms with Gasteiger partial charge in [0.05, 0.1) is 16.6 Å². The maximum atomic E-state index is 12.2. The molecule has 0 aliphatic carbocycles. The molecule has 7 nitrogen and oxygen atoms in total. The fraction of sp³-hybridized carbons (Fsp3) is 0.100. The molecule has 0 saturated heterocycles. The number of rotatable bonds is 4. The lowest BCUT2D eigenvalue weighted by atomic mass is 10.2. The lowest BCUT2D eigenvalue weighted by molar-refractivity contribution is -0.123. The van der Waals surface area contributed by atoms with Gasteiger partial charge in [-0.3, -0.25) is 9.59 Å². The second-order valence-corrected chi connectivity index (χ2v) is 5.67. The highest BCUT2D eigenvalue weighted by atomic mass is 16.6. The Morgan fingerprint density at radius 2 is 1.85 bits per heavy atom. The molecule has 1 heterocycles. The van der Waals surface area contributed by atoms with Crippen LogP contribution in [0.1, 0.15) is 23.0 Å². The summed E-state index contributed by atoms with van der Waals surface area (Å²) in [5, 5.41) is 11.9. The Morgan fingerprint density at radius 1 is 1.15 bits per heavy atom. The van der Waals surface area contributed by atoms with Crippen molar-refractivity contribution < 1.29 is 18.7 Å². The molecular formula is C20H14N2O5. The fourth-order valence-electron chi connectivity index (χ4n) is 2.40. The van der Waals surface area contributed by atoms with Gasteiger partial charge in [0, 0.05) is 6.07 Å². The van der Waals surface area contributed by atoms with Gasteiger partial charge in [0.2, 0.25) is 5.76 Å². The number of ether oxygens (including phenoxy) is 1. The van der Waals surface area contributed by atoms with Crippen LogP contribution in [0, 0.1) is 11.3 Å². The molecule has 1 amide bonds. The summed E-state index contributed by atoms with van der Waals surface area (Å²) in [5.74, 6) is -1.85. The Labute approximate surface area is 153 Å². The van der Waals surface area contributed by atoms with E-state index in [-0.39, 0.29) is 22.3 Å². The summed E-state index contributed by atoms with van der Waals surface area (Å²) >= 11 is 0. The minimum Gasteiger partial charge on any atom is -0.449 e. The summed E-state index contributed by atoms with van der Waals surface area (Å²) in [7, 11) is 0. The van der Waals surface area contributed by atoms with Crippen LogP contribution in [0.5, 0.6) is 0 Å². The van der Waals surface area contributed by atoms with Crippen LogP contribution in [-0.4, -0.2) is 18.0 Å². The minimum absolute atomic E-state index is 0.247. The van der Waals surface area contributed by atoms with Gasteiger partial charge in [-0.25, -0.2) is 4.79 Å². The highest BCUT2D eigenvalue weighted by Gasteiger charge is 2.22. The van der Waals surface area contributed by atoms with Gasteiger partial charge in [-0.05, 0) is 31.2 Å². The number of anilines is 1. The molecule has 0 unspecified atom stereocenters. The third-order valence-electron chi connectivity index (χ3n) is 3.79. The molecule has 3 rings (SSSR count). The zero-order valence-electron chi connectivity index (χ0n) is 14.3. The van der Waals surface area contributed by atoms with E-state index in [0.29, 0.717) is 11.1 Å². The number of hydrogen-bond acceptors (Lipinski definition) is 6. The van der Waals surface area contributed by atoms with Crippen LogP contribution in [0.2, 0.25) is 0 Å². The van der Waals surface area contributed by atoms with E-state index in [1.54, 1.807) is 48.5 Å². The maximum Gasteiger partial charge on any atom is 0.375 e. The lowest BCUT2D eigenvalue weighted by Crippen LogP contribution is -2.30. The highest BCUT2D eigenvalue weighted by molar-refractivity contribution is 5.97. The van der Waals surface area contributed by atoms with Crippen molar-refractivity contribution in [2.75, 3.05) is 5.32 Å². The molecule has 0 radical (unpaired) electrons. The summed E-state index contributed by atoms with van der Waals surface area (Å²) in [6, 6.07) is 15.9. The summed E-state index contributed by atoms with van der Waals surface area (Å²) in [6.45, 7) is 1.38. The molecule has 0 bridgehead atoms. The van der Waals surface area contributed by atoms with Crippen LogP contribution in [0.25, 0.3) is 11.0 Å². The van der Waals surface area contributed by atoms with E-state index in [4.69, 9.17) is 14.4 Å². The van der Waals surface area contributed by atoms with Crippen LogP contribution in [0.15, 0.2) is 63.8 Å². The number of carbonyl (C=O) groups is 2. The molecule has 27 heavy (non-hydrogen) atoms. The molecule has 3 aromatic rings. The summed E-state index contributed by atoms with van der Waals surface area (Å²) < 4.78 is 10.5. The Morgan fingerprint density at radius 3 is 2.63 bits per heavy atom. The van der Waals surface area contributed by atoms with Crippen molar-refractivity contribution in [2.45, 2.75) is 13.0 Å². The number of hydrogen-bond donors (Lipinski definition) is 1. The normalized spacial score (nSPS) is 11.4. The van der Waals surface area contributed by atoms with Gasteiger partial charge in [-0.15, -0.1) is 0 Å². The molecule has 2 aromatic carbocycles. The largest absolute Gasteiger partial charge is 0.449 e. The standard InChI is InChI=1S/C20H14N2O5/c1-12(19(24)22-15-8-4-2-6-13(15)11-21)26-20(25)18-10-16(23)14-7-3-5-9-17(14)27-18/h2-10,12H,1H3,(H,22,24)/t12-/m0/s1. The van der Waals surface area contributed by atoms with Crippen LogP contribution in [0.3, 0.4) is 0 Å². The lowest BCUT2D eigenvalue weighted by Gasteiger charge is -2.13. The summed E-state index contributed by atoms with van der Waals surface area (Å²) in [4.78, 5) is 36.5. The zero-order valence-corrected chi connectivity index (χ0v) is 14.3. The first kappa shape index (κ1) is 17.9. The van der Waals surface area contributed by atoms with Crippen LogP contribution < -0.4 is 10.7 Å². The maximum absolute atomic E-state index is 12.2. The molecule has 1 N–H and O–H groups in total. The Kier molecular flexibility index (Phi) is 4.99. The number of nitriles is 1. The predicted molar refractivity (Wildman–Crippen MR) is 97.1 cm³/mol. The van der Waals surface area contributed by atoms with Crippen LogP contribution in [0.4, 0.5) is 5.69 Å². The zero-order chi connectivity index (χ0) is 19.4. The topological polar surface area (TPSA) is 109 Å². The van der Waals surface area contributed by atoms with Crippen molar-refractivity contribution in [2.24, 2.45) is 0 Å². The molecule has 1 atom stereocenters. The van der Waals surface area contributed by atoms with E-state index in [1.807, 2.05) is 6.07 Å². The van der Waals surface area contributed by atoms with Gasteiger partial charge < -0.3 is 14.5 Å². The molecule has 7 heteroatoms. The second-order valence-electron chi connectivity index (χ2n) is 5.67. The number of carbonyl (C=O) groups excluding carboxylic acids is 2. The van der Waals surface area contributed by atoms with Crippen LogP contribution >= 0.6 is 0 Å². The monoisotopic (exact) mass is 362 g/mol. The molecule has 134 valence electrons. The first-order valence-electron chi connectivity index (χ1n) is 8.03. The van der Waals surface area contributed by atoms with Crippen LogP contribution in [-0.2, 0) is 9.53 Å². The third-order valence-corrected chi connectivity index (χ3v) is 3.79. The second kappa shape index (κ2) is 7.54. The first-order chi connectivity index (χ1) is 13.0. The molecule has 0 aliphatic rings. The SMILES string of the molecule is C[C@H](OC(=O)c1cc(=O)c2ccccc2o1)C(=O)Nc1ccccc1C#N. The predicted octanol–water partition coefficient (Wildman–Crippen LogP) is 2.85. The Balaban J connectivity index is 1.75. The van der Waals surface area contributed by atoms with Crippen molar-refractivity contribution in [3.8, 4) is 6.07 Å². The molecule has 0 saturated carbocycles. The van der Waals surface area contributed by atoms with Gasteiger partial charge in [-0.2, -0.15) is 5.26 Å². The van der Waals surface area contributed by atoms with Crippen molar-refractivity contribution in [3.63, 3.8) is 0 Å². The number of fused-ring (bicyclic) bond motifs is 1. The molecule has 0 aliphatic heterocycles. The summed E-state index contributed by atoms with van der Waals surface area (Å²) in [6.07, 6.45) is -1.17. The van der Waals surface area contributed by atoms with Crippen molar-refractivity contribution >= 4 is 28.5 Å². The van der Waals surface area contributed by atoms with Crippen molar-refractivity contribution in [1.29, 1.82) is 5.26 Å². The van der Waals surface area contributed by atoms with Gasteiger partial charge in [0.15, 0.2) is 11.5 Å². The van der Waals surface area contributed by atoms with Gasteiger partial charge in [0.1, 0.15) is 11.7 Å². The quantitative estimate of drug-likeness (QED) is 0.715. The van der Waals surface area contributed by atoms with E-state index in [1.165, 1.54) is 6.92 Å². The number of nitrogens with one attached hydrogen (secondary N) is 1. The van der Waals surface area contributed by atoms with Gasteiger partial charge in [-0.1, -0.05) is 24.3 Å². The van der Waals surface area contributed by atoms with Gasteiger partial charge >= 0.3 is 5.97 Å². The number of amides is 1. The Hall–Kier alpha value is -3.92. The number of esters is 1. The van der Waals surface area contributed by atoms with Crippen molar-refractivity contribution in [1.82, 2.24) is 0 Å². The van der Waals surface area contributed by atoms with E-state index < -0.39 is 18.0 Å². The smallest absolute Gasteiger partial charge is 0.375 e. The molecule has 1 aromatic heterocycles. The van der Waals surface area contributed by atoms with E-state index in [0.717, 1.165) is 6.07 Å². The first-order valence-corrected chi connectivity index (χ1v) is 8.03. The molecule has 0 fully saturated rings. The highest BCUT2D eigenvalue weighted by Crippen LogP contribution is 2.16. The fourth-order valence-corrected chi connectivity index (χ4v) is 2.40.